The summed E-state index contributed by atoms with van der Waals surface area (Å²) >= 11 is 0. The number of primary sulfonamides is 1. The number of rotatable bonds is 6. The second-order valence-corrected chi connectivity index (χ2v) is 6.88. The average molecular weight is 362 g/mol. The van der Waals surface area contributed by atoms with Crippen molar-refractivity contribution >= 4 is 16.0 Å². The Morgan fingerprint density at radius 1 is 1.08 bits per heavy atom. The van der Waals surface area contributed by atoms with E-state index in [0.717, 1.165) is 16.9 Å². The molecule has 7 nitrogen and oxygen atoms in total. The van der Waals surface area contributed by atoms with Crippen molar-refractivity contribution in [3.63, 3.8) is 0 Å². The summed E-state index contributed by atoms with van der Waals surface area (Å²) in [6.07, 6.45) is 0. The Kier molecular flexibility index (Phi) is 6.37. The van der Waals surface area contributed by atoms with E-state index >= 15 is 0 Å². The van der Waals surface area contributed by atoms with E-state index in [2.05, 4.69) is 15.6 Å². The van der Waals surface area contributed by atoms with Crippen LogP contribution in [0.5, 0.6) is 5.75 Å². The molecular weight excluding hydrogens is 340 g/mol. The van der Waals surface area contributed by atoms with Crippen LogP contribution in [-0.2, 0) is 23.1 Å². The van der Waals surface area contributed by atoms with Gasteiger partial charge in [-0.1, -0.05) is 24.3 Å². The molecule has 0 bridgehead atoms. The van der Waals surface area contributed by atoms with Crippen LogP contribution in [0.1, 0.15) is 11.1 Å². The van der Waals surface area contributed by atoms with Crippen LogP contribution in [-0.4, -0.2) is 28.5 Å². The Morgan fingerprint density at radius 3 is 2.24 bits per heavy atom. The lowest BCUT2D eigenvalue weighted by Crippen LogP contribution is -2.36. The van der Waals surface area contributed by atoms with Crippen LogP contribution in [0.4, 0.5) is 0 Å². The van der Waals surface area contributed by atoms with Gasteiger partial charge in [0.05, 0.1) is 12.0 Å². The van der Waals surface area contributed by atoms with E-state index in [1.165, 1.54) is 12.1 Å². The van der Waals surface area contributed by atoms with Gasteiger partial charge in [-0.2, -0.15) is 0 Å². The molecule has 0 aromatic heterocycles. The monoisotopic (exact) mass is 362 g/mol. The lowest BCUT2D eigenvalue weighted by molar-refractivity contribution is 0.414. The second kappa shape index (κ2) is 8.50. The molecule has 0 aliphatic carbocycles. The third-order valence-electron chi connectivity index (χ3n) is 3.50. The molecule has 25 heavy (non-hydrogen) atoms. The van der Waals surface area contributed by atoms with Gasteiger partial charge in [0, 0.05) is 20.1 Å². The van der Waals surface area contributed by atoms with E-state index in [-0.39, 0.29) is 4.90 Å². The van der Waals surface area contributed by atoms with Crippen molar-refractivity contribution in [2.24, 2.45) is 10.1 Å². The molecule has 8 heteroatoms. The van der Waals surface area contributed by atoms with E-state index in [4.69, 9.17) is 9.88 Å². The Hall–Kier alpha value is -2.58. The Bertz CT molecular complexity index is 850. The molecule has 2 aromatic rings. The summed E-state index contributed by atoms with van der Waals surface area (Å²) in [5.74, 6) is 1.39. The minimum absolute atomic E-state index is 0.0890. The third-order valence-corrected chi connectivity index (χ3v) is 4.42. The molecule has 0 aliphatic heterocycles. The summed E-state index contributed by atoms with van der Waals surface area (Å²) in [6, 6.07) is 14.2. The predicted octanol–water partition coefficient (Wildman–Crippen LogP) is 1.21. The van der Waals surface area contributed by atoms with E-state index in [9.17, 15) is 8.42 Å². The summed E-state index contributed by atoms with van der Waals surface area (Å²) in [7, 11) is -0.412. The van der Waals surface area contributed by atoms with Crippen molar-refractivity contribution in [1.29, 1.82) is 0 Å². The van der Waals surface area contributed by atoms with Gasteiger partial charge in [0.2, 0.25) is 10.0 Å². The first kappa shape index (κ1) is 18.8. The molecule has 0 aliphatic rings. The lowest BCUT2D eigenvalue weighted by atomic mass is 10.2. The van der Waals surface area contributed by atoms with Gasteiger partial charge in [0.25, 0.3) is 0 Å². The van der Waals surface area contributed by atoms with Crippen molar-refractivity contribution in [3.8, 4) is 5.75 Å². The Labute approximate surface area is 148 Å². The predicted molar refractivity (Wildman–Crippen MR) is 97.8 cm³/mol. The molecule has 2 rings (SSSR count). The first-order valence-electron chi connectivity index (χ1n) is 7.61. The zero-order chi connectivity index (χ0) is 18.3. The van der Waals surface area contributed by atoms with Gasteiger partial charge in [-0.05, 0) is 35.4 Å². The van der Waals surface area contributed by atoms with Gasteiger partial charge in [-0.3, -0.25) is 4.99 Å². The molecule has 0 saturated heterocycles. The fourth-order valence-electron chi connectivity index (χ4n) is 2.21. The smallest absolute Gasteiger partial charge is 0.238 e. The van der Waals surface area contributed by atoms with Crippen LogP contribution in [0.2, 0.25) is 0 Å². The van der Waals surface area contributed by atoms with Crippen LogP contribution in [0.15, 0.2) is 58.4 Å². The van der Waals surface area contributed by atoms with Crippen molar-refractivity contribution in [2.45, 2.75) is 18.0 Å². The molecule has 4 N–H and O–H groups in total. The molecule has 0 spiro atoms. The van der Waals surface area contributed by atoms with Gasteiger partial charge in [0.15, 0.2) is 5.96 Å². The Morgan fingerprint density at radius 2 is 1.68 bits per heavy atom. The number of hydrogen-bond donors (Lipinski definition) is 3. The highest BCUT2D eigenvalue weighted by Crippen LogP contribution is 2.12. The zero-order valence-electron chi connectivity index (χ0n) is 14.2. The summed E-state index contributed by atoms with van der Waals surface area (Å²) in [6.45, 7) is 0.995. The molecule has 0 amide bonds. The number of nitrogens with zero attached hydrogens (tertiary/aromatic N) is 1. The number of nitrogens with two attached hydrogens (primary N) is 1. The van der Waals surface area contributed by atoms with E-state index < -0.39 is 10.0 Å². The van der Waals surface area contributed by atoms with Crippen LogP contribution in [0.25, 0.3) is 0 Å². The number of aliphatic imine (C=N–C) groups is 1. The highest BCUT2D eigenvalue weighted by molar-refractivity contribution is 7.89. The van der Waals surface area contributed by atoms with E-state index in [1.807, 2.05) is 30.3 Å². The standard InChI is InChI=1S/C17H22N4O3S/c1-19-17(20-11-13-5-3-7-15(9-13)24-2)21-12-14-6-4-8-16(10-14)25(18,22)23/h3-10H,11-12H2,1-2H3,(H2,18,22,23)(H2,19,20,21). The van der Waals surface area contributed by atoms with Crippen LogP contribution in [0.3, 0.4) is 0 Å². The fourth-order valence-corrected chi connectivity index (χ4v) is 2.79. The summed E-state index contributed by atoms with van der Waals surface area (Å²) in [4.78, 5) is 4.24. The van der Waals surface area contributed by atoms with Gasteiger partial charge in [-0.25, -0.2) is 13.6 Å². The highest BCUT2D eigenvalue weighted by atomic mass is 32.2. The largest absolute Gasteiger partial charge is 0.497 e. The minimum atomic E-state index is -3.71. The van der Waals surface area contributed by atoms with E-state index in [0.29, 0.717) is 19.0 Å². The molecule has 0 radical (unpaired) electrons. The quantitative estimate of drug-likeness (QED) is 0.529. The fraction of sp³-hybridized carbons (Fsp3) is 0.235. The minimum Gasteiger partial charge on any atom is -0.497 e. The van der Waals surface area contributed by atoms with Gasteiger partial charge >= 0.3 is 0 Å². The average Bonchev–Trinajstić information content (AvgIpc) is 2.61. The van der Waals surface area contributed by atoms with Crippen LogP contribution in [0, 0.1) is 0 Å². The molecule has 2 aromatic carbocycles. The molecule has 0 saturated carbocycles. The van der Waals surface area contributed by atoms with Crippen LogP contribution >= 0.6 is 0 Å². The van der Waals surface area contributed by atoms with Gasteiger partial charge in [-0.15, -0.1) is 0 Å². The van der Waals surface area contributed by atoms with Gasteiger partial charge < -0.3 is 15.4 Å². The highest BCUT2D eigenvalue weighted by Gasteiger charge is 2.08. The zero-order valence-corrected chi connectivity index (χ0v) is 15.0. The molecule has 0 fully saturated rings. The number of ether oxygens (including phenoxy) is 1. The molecule has 0 heterocycles. The molecule has 134 valence electrons. The van der Waals surface area contributed by atoms with Crippen molar-refractivity contribution in [2.75, 3.05) is 14.2 Å². The third kappa shape index (κ3) is 5.77. The van der Waals surface area contributed by atoms with E-state index in [1.54, 1.807) is 20.2 Å². The van der Waals surface area contributed by atoms with Gasteiger partial charge in [0.1, 0.15) is 5.75 Å². The molecular formula is C17H22N4O3S. The summed E-state index contributed by atoms with van der Waals surface area (Å²) in [5.41, 5.74) is 1.84. The molecule has 0 atom stereocenters. The maximum atomic E-state index is 11.4. The maximum Gasteiger partial charge on any atom is 0.238 e. The number of methoxy groups -OCH3 is 1. The first-order valence-corrected chi connectivity index (χ1v) is 9.16. The number of benzene rings is 2. The number of guanidine groups is 1. The number of hydrogen-bond acceptors (Lipinski definition) is 4. The maximum absolute atomic E-state index is 11.4. The van der Waals surface area contributed by atoms with Crippen molar-refractivity contribution < 1.29 is 13.2 Å². The summed E-state index contributed by atoms with van der Waals surface area (Å²) < 4.78 is 28.0. The van der Waals surface area contributed by atoms with Crippen molar-refractivity contribution in [1.82, 2.24) is 10.6 Å². The topological polar surface area (TPSA) is 106 Å². The summed E-state index contributed by atoms with van der Waals surface area (Å²) in [5, 5.41) is 11.5. The number of nitrogens with one attached hydrogen (secondary N) is 2. The number of sulfonamides is 1. The Balaban J connectivity index is 1.94. The lowest BCUT2D eigenvalue weighted by Gasteiger charge is -2.13. The molecule has 0 unspecified atom stereocenters. The second-order valence-electron chi connectivity index (χ2n) is 5.32. The first-order chi connectivity index (χ1) is 11.9. The SMILES string of the molecule is CN=C(NCc1cccc(OC)c1)NCc1cccc(S(N)(=O)=O)c1. The van der Waals surface area contributed by atoms with Crippen LogP contribution < -0.4 is 20.5 Å². The normalized spacial score (nSPS) is 11.9. The van der Waals surface area contributed by atoms with Crippen molar-refractivity contribution in [3.05, 3.63) is 59.7 Å².